The minimum absolute atomic E-state index is 0.0576. The molecule has 34 heavy (non-hydrogen) atoms. The second-order valence-electron chi connectivity index (χ2n) is 9.24. The molecule has 2 fully saturated rings. The third-order valence-corrected chi connectivity index (χ3v) is 7.22. The quantitative estimate of drug-likeness (QED) is 0.705. The van der Waals surface area contributed by atoms with Crippen LogP contribution in [0.4, 0.5) is 4.79 Å². The number of carboxylic acid groups (broad SMARTS) is 1. The Morgan fingerprint density at radius 2 is 1.71 bits per heavy atom. The summed E-state index contributed by atoms with van der Waals surface area (Å²) in [5.74, 6) is -1.59. The van der Waals surface area contributed by atoms with Crippen molar-refractivity contribution in [3.05, 3.63) is 59.7 Å². The first kappa shape index (κ1) is 22.4. The van der Waals surface area contributed by atoms with Crippen LogP contribution in [0, 0.1) is 5.92 Å². The van der Waals surface area contributed by atoms with Crippen LogP contribution in [0.5, 0.6) is 0 Å². The van der Waals surface area contributed by atoms with E-state index in [4.69, 9.17) is 9.47 Å². The van der Waals surface area contributed by atoms with Gasteiger partial charge in [-0.25, -0.2) is 9.59 Å². The molecule has 2 N–H and O–H groups in total. The van der Waals surface area contributed by atoms with Gasteiger partial charge in [-0.15, -0.1) is 0 Å². The normalized spacial score (nSPS) is 25.6. The first-order chi connectivity index (χ1) is 16.5. The molecule has 0 bridgehead atoms. The van der Waals surface area contributed by atoms with Crippen molar-refractivity contribution in [1.82, 2.24) is 10.2 Å². The summed E-state index contributed by atoms with van der Waals surface area (Å²) in [7, 11) is 0. The highest BCUT2D eigenvalue weighted by atomic mass is 16.6. The third kappa shape index (κ3) is 3.92. The molecule has 2 aromatic rings. The van der Waals surface area contributed by atoms with Crippen LogP contribution in [0.25, 0.3) is 11.1 Å². The van der Waals surface area contributed by atoms with Crippen molar-refractivity contribution in [3.63, 3.8) is 0 Å². The Bertz CT molecular complexity index is 1070. The van der Waals surface area contributed by atoms with Crippen molar-refractivity contribution < 1.29 is 29.0 Å². The SMILES string of the molecule is CC1CCN(C(=O)C2OCCC2NC(=O)OCC2c3ccccc3-c3ccccc32)C1C(=O)O. The van der Waals surface area contributed by atoms with E-state index in [0.29, 0.717) is 26.0 Å². The molecule has 8 nitrogen and oxygen atoms in total. The molecule has 2 amide bonds. The van der Waals surface area contributed by atoms with Crippen LogP contribution in [0.1, 0.15) is 36.8 Å². The first-order valence-corrected chi connectivity index (χ1v) is 11.7. The van der Waals surface area contributed by atoms with Gasteiger partial charge >= 0.3 is 12.1 Å². The van der Waals surface area contributed by atoms with Crippen LogP contribution in [0.15, 0.2) is 48.5 Å². The Labute approximate surface area is 197 Å². The predicted molar refractivity (Wildman–Crippen MR) is 123 cm³/mol. The minimum Gasteiger partial charge on any atom is -0.480 e. The van der Waals surface area contributed by atoms with Crippen LogP contribution < -0.4 is 5.32 Å². The number of alkyl carbamates (subject to hydrolysis) is 1. The number of nitrogens with one attached hydrogen (secondary N) is 1. The Hall–Kier alpha value is -3.39. The molecule has 8 heteroatoms. The van der Waals surface area contributed by atoms with Crippen LogP contribution in [-0.4, -0.2) is 65.9 Å². The van der Waals surface area contributed by atoms with Crippen LogP contribution >= 0.6 is 0 Å². The van der Waals surface area contributed by atoms with E-state index in [9.17, 15) is 19.5 Å². The van der Waals surface area contributed by atoms with Crippen LogP contribution in [0.2, 0.25) is 0 Å². The molecule has 0 aromatic heterocycles. The summed E-state index contributed by atoms with van der Waals surface area (Å²) >= 11 is 0. The number of likely N-dealkylation sites (tertiary alicyclic amines) is 1. The number of aliphatic carboxylic acids is 1. The van der Waals surface area contributed by atoms with E-state index in [2.05, 4.69) is 29.6 Å². The largest absolute Gasteiger partial charge is 0.480 e. The zero-order chi connectivity index (χ0) is 23.8. The Morgan fingerprint density at radius 1 is 1.06 bits per heavy atom. The number of fused-ring (bicyclic) bond motifs is 3. The van der Waals surface area contributed by atoms with Crippen molar-refractivity contribution in [2.45, 2.75) is 43.9 Å². The molecule has 2 aromatic carbocycles. The van der Waals surface area contributed by atoms with E-state index in [1.807, 2.05) is 31.2 Å². The molecule has 178 valence electrons. The molecule has 3 aliphatic rings. The number of hydrogen-bond donors (Lipinski definition) is 2. The second kappa shape index (κ2) is 9.10. The monoisotopic (exact) mass is 464 g/mol. The molecule has 1 aliphatic carbocycles. The third-order valence-electron chi connectivity index (χ3n) is 7.22. The fourth-order valence-electron chi connectivity index (χ4n) is 5.51. The van der Waals surface area contributed by atoms with Gasteiger partial charge in [0.1, 0.15) is 12.6 Å². The molecule has 0 saturated carbocycles. The predicted octanol–water partition coefficient (Wildman–Crippen LogP) is 3.00. The highest BCUT2D eigenvalue weighted by molar-refractivity contribution is 5.88. The number of carbonyl (C=O) groups is 3. The Morgan fingerprint density at radius 3 is 2.35 bits per heavy atom. The summed E-state index contributed by atoms with van der Waals surface area (Å²) in [5.41, 5.74) is 4.54. The number of amides is 2. The highest BCUT2D eigenvalue weighted by Crippen LogP contribution is 2.44. The van der Waals surface area contributed by atoms with Gasteiger partial charge in [0.2, 0.25) is 0 Å². The topological polar surface area (TPSA) is 105 Å². The molecule has 0 spiro atoms. The van der Waals surface area contributed by atoms with Crippen molar-refractivity contribution in [1.29, 1.82) is 0 Å². The van der Waals surface area contributed by atoms with E-state index >= 15 is 0 Å². The zero-order valence-electron chi connectivity index (χ0n) is 19.0. The van der Waals surface area contributed by atoms with Gasteiger partial charge in [-0.2, -0.15) is 0 Å². The van der Waals surface area contributed by atoms with Gasteiger partial charge in [-0.1, -0.05) is 55.5 Å². The van der Waals surface area contributed by atoms with Gasteiger partial charge in [-0.3, -0.25) is 4.79 Å². The van der Waals surface area contributed by atoms with Crippen molar-refractivity contribution in [2.24, 2.45) is 5.92 Å². The fraction of sp³-hybridized carbons (Fsp3) is 0.423. The van der Waals surface area contributed by atoms with E-state index in [1.54, 1.807) is 0 Å². The van der Waals surface area contributed by atoms with Gasteiger partial charge < -0.3 is 24.8 Å². The average Bonchev–Trinajstić information content (AvgIpc) is 3.53. The maximum Gasteiger partial charge on any atom is 0.407 e. The molecule has 2 heterocycles. The Kier molecular flexibility index (Phi) is 6.00. The number of benzene rings is 2. The lowest BCUT2D eigenvalue weighted by Gasteiger charge is -2.28. The lowest BCUT2D eigenvalue weighted by atomic mass is 9.98. The lowest BCUT2D eigenvalue weighted by molar-refractivity contribution is -0.153. The summed E-state index contributed by atoms with van der Waals surface area (Å²) in [6, 6.07) is 14.8. The van der Waals surface area contributed by atoms with Crippen LogP contribution in [0.3, 0.4) is 0 Å². The number of hydrogen-bond acceptors (Lipinski definition) is 5. The number of nitrogens with zero attached hydrogens (tertiary/aromatic N) is 1. The number of rotatable bonds is 5. The first-order valence-electron chi connectivity index (χ1n) is 11.7. The van der Waals surface area contributed by atoms with Crippen molar-refractivity contribution in [2.75, 3.05) is 19.8 Å². The molecular formula is C26H28N2O6. The van der Waals surface area contributed by atoms with E-state index < -0.39 is 36.2 Å². The molecule has 0 radical (unpaired) electrons. The summed E-state index contributed by atoms with van der Waals surface area (Å²) in [5, 5.41) is 12.3. The molecule has 5 rings (SSSR count). The maximum atomic E-state index is 13.1. The second-order valence-corrected chi connectivity index (χ2v) is 9.24. The van der Waals surface area contributed by atoms with Gasteiger partial charge in [0, 0.05) is 19.1 Å². The summed E-state index contributed by atoms with van der Waals surface area (Å²) in [6.45, 7) is 2.69. The smallest absolute Gasteiger partial charge is 0.407 e. The summed E-state index contributed by atoms with van der Waals surface area (Å²) < 4.78 is 11.2. The molecule has 4 unspecified atom stereocenters. The molecule has 2 saturated heterocycles. The van der Waals surface area contributed by atoms with E-state index in [-0.39, 0.29) is 18.4 Å². The van der Waals surface area contributed by atoms with Crippen molar-refractivity contribution in [3.8, 4) is 11.1 Å². The number of ether oxygens (including phenoxy) is 2. The van der Waals surface area contributed by atoms with Gasteiger partial charge in [0.15, 0.2) is 6.10 Å². The maximum absolute atomic E-state index is 13.1. The molecule has 2 aliphatic heterocycles. The summed E-state index contributed by atoms with van der Waals surface area (Å²) in [6.07, 6.45) is -0.436. The van der Waals surface area contributed by atoms with Crippen molar-refractivity contribution >= 4 is 18.0 Å². The van der Waals surface area contributed by atoms with Gasteiger partial charge in [-0.05, 0) is 41.0 Å². The molecular weight excluding hydrogens is 436 g/mol. The number of carboxylic acids is 1. The molecule has 4 atom stereocenters. The number of carbonyl (C=O) groups excluding carboxylic acids is 2. The summed E-state index contributed by atoms with van der Waals surface area (Å²) in [4.78, 5) is 38.8. The highest BCUT2D eigenvalue weighted by Gasteiger charge is 2.45. The standard InChI is InChI=1S/C26H28N2O6/c1-15-10-12-28(22(15)25(30)31)24(29)23-21(11-13-33-23)27-26(32)34-14-20-18-8-4-2-6-16(18)17-7-3-5-9-19(17)20/h2-9,15,20-23H,10-14H2,1H3,(H,27,32)(H,30,31). The van der Waals surface area contributed by atoms with E-state index in [0.717, 1.165) is 22.3 Å². The average molecular weight is 465 g/mol. The lowest BCUT2D eigenvalue weighted by Crippen LogP contribution is -2.53. The van der Waals surface area contributed by atoms with E-state index in [1.165, 1.54) is 4.90 Å². The van der Waals surface area contributed by atoms with Gasteiger partial charge in [0.05, 0.1) is 6.04 Å². The van der Waals surface area contributed by atoms with Gasteiger partial charge in [0.25, 0.3) is 5.91 Å². The fourth-order valence-corrected chi connectivity index (χ4v) is 5.51. The minimum atomic E-state index is -1.02. The van der Waals surface area contributed by atoms with Crippen LogP contribution in [-0.2, 0) is 19.1 Å². The Balaban J connectivity index is 1.23. The zero-order valence-corrected chi connectivity index (χ0v) is 19.0.